The highest BCUT2D eigenvalue weighted by molar-refractivity contribution is 5.54. The van der Waals surface area contributed by atoms with Crippen molar-refractivity contribution in [3.05, 3.63) is 12.1 Å². The third-order valence-corrected chi connectivity index (χ3v) is 3.42. The van der Waals surface area contributed by atoms with Crippen LogP contribution in [0.25, 0.3) is 0 Å². The van der Waals surface area contributed by atoms with Crippen LogP contribution >= 0.6 is 0 Å². The van der Waals surface area contributed by atoms with Gasteiger partial charge in [-0.15, -0.1) is 0 Å². The van der Waals surface area contributed by atoms with Crippen LogP contribution in [0.2, 0.25) is 0 Å². The molecule has 0 atom stereocenters. The summed E-state index contributed by atoms with van der Waals surface area (Å²) in [4.78, 5) is 6.72. The molecule has 106 valence electrons. The molecule has 0 amide bonds. The summed E-state index contributed by atoms with van der Waals surface area (Å²) in [6, 6.07) is 3.78. The first kappa shape index (κ1) is 13.9. The smallest absolute Gasteiger partial charge is 0.239 e. The van der Waals surface area contributed by atoms with Crippen molar-refractivity contribution < 1.29 is 9.84 Å². The number of piperidine rings is 1. The number of aliphatic hydroxyl groups is 1. The van der Waals surface area contributed by atoms with Gasteiger partial charge in [-0.3, -0.25) is 0 Å². The maximum Gasteiger partial charge on any atom is 0.239 e. The number of nitrogens with two attached hydrogens (primary N) is 1. The van der Waals surface area contributed by atoms with Crippen molar-refractivity contribution in [1.29, 1.82) is 0 Å². The molecule has 0 bridgehead atoms. The molecule has 1 fully saturated rings. The van der Waals surface area contributed by atoms with Crippen LogP contribution in [0.5, 0.6) is 5.88 Å². The number of aromatic nitrogens is 1. The van der Waals surface area contributed by atoms with Crippen molar-refractivity contribution in [2.24, 2.45) is 5.92 Å². The quantitative estimate of drug-likeness (QED) is 0.866. The summed E-state index contributed by atoms with van der Waals surface area (Å²) >= 11 is 0. The van der Waals surface area contributed by atoms with E-state index in [9.17, 15) is 0 Å². The van der Waals surface area contributed by atoms with Crippen molar-refractivity contribution >= 4 is 11.5 Å². The normalized spacial score (nSPS) is 16.9. The van der Waals surface area contributed by atoms with E-state index in [-0.39, 0.29) is 12.7 Å². The van der Waals surface area contributed by atoms with E-state index < -0.39 is 0 Å². The molecule has 0 spiro atoms. The number of aliphatic hydroxyl groups excluding tert-OH is 1. The van der Waals surface area contributed by atoms with Crippen molar-refractivity contribution in [3.63, 3.8) is 0 Å². The van der Waals surface area contributed by atoms with E-state index in [1.54, 1.807) is 0 Å². The van der Waals surface area contributed by atoms with E-state index in [4.69, 9.17) is 15.6 Å². The number of hydrogen-bond donors (Lipinski definition) is 2. The summed E-state index contributed by atoms with van der Waals surface area (Å²) in [5.74, 6) is 1.84. The van der Waals surface area contributed by atoms with E-state index in [0.717, 1.165) is 31.7 Å². The molecule has 1 saturated heterocycles. The average Bonchev–Trinajstić information content (AvgIpc) is 2.41. The van der Waals surface area contributed by atoms with Gasteiger partial charge in [-0.2, -0.15) is 4.98 Å². The van der Waals surface area contributed by atoms with Crippen LogP contribution in [-0.2, 0) is 0 Å². The van der Waals surface area contributed by atoms with E-state index in [2.05, 4.69) is 9.88 Å². The van der Waals surface area contributed by atoms with Gasteiger partial charge < -0.3 is 20.5 Å². The molecule has 3 N–H and O–H groups in total. The zero-order valence-electron chi connectivity index (χ0n) is 11.7. The van der Waals surface area contributed by atoms with E-state index in [1.807, 2.05) is 26.0 Å². The molecule has 1 aliphatic rings. The van der Waals surface area contributed by atoms with E-state index in [1.165, 1.54) is 0 Å². The highest BCUT2D eigenvalue weighted by Gasteiger charge is 2.20. The van der Waals surface area contributed by atoms with Gasteiger partial charge in [0.1, 0.15) is 5.82 Å². The molecular weight excluding hydrogens is 242 g/mol. The molecular formula is C14H23N3O2. The molecule has 19 heavy (non-hydrogen) atoms. The van der Waals surface area contributed by atoms with Gasteiger partial charge >= 0.3 is 0 Å². The minimum absolute atomic E-state index is 0.0603. The number of pyridine rings is 1. The Morgan fingerprint density at radius 1 is 1.42 bits per heavy atom. The predicted molar refractivity (Wildman–Crippen MR) is 76.4 cm³/mol. The molecule has 0 aliphatic carbocycles. The van der Waals surface area contributed by atoms with Crippen LogP contribution in [0.15, 0.2) is 12.1 Å². The van der Waals surface area contributed by atoms with Gasteiger partial charge in [-0.25, -0.2) is 0 Å². The number of nitrogen functional groups attached to an aromatic ring is 1. The first-order chi connectivity index (χ1) is 9.10. The van der Waals surface area contributed by atoms with Crippen LogP contribution in [0.4, 0.5) is 11.5 Å². The number of ether oxygens (including phenoxy) is 1. The maximum absolute atomic E-state index is 9.16. The molecule has 2 rings (SSSR count). The summed E-state index contributed by atoms with van der Waals surface area (Å²) in [7, 11) is 0. The van der Waals surface area contributed by atoms with Crippen molar-refractivity contribution in [2.45, 2.75) is 32.8 Å². The highest BCUT2D eigenvalue weighted by Crippen LogP contribution is 2.27. The Morgan fingerprint density at radius 3 is 2.68 bits per heavy atom. The molecule has 5 heteroatoms. The summed E-state index contributed by atoms with van der Waals surface area (Å²) in [6.45, 7) is 6.04. The van der Waals surface area contributed by atoms with Crippen LogP contribution in [0.3, 0.4) is 0 Å². The fraction of sp³-hybridized carbons (Fsp3) is 0.643. The first-order valence-electron chi connectivity index (χ1n) is 6.89. The second kappa shape index (κ2) is 6.10. The van der Waals surface area contributed by atoms with E-state index in [0.29, 0.717) is 17.5 Å². The topological polar surface area (TPSA) is 71.6 Å². The average molecular weight is 265 g/mol. The lowest BCUT2D eigenvalue weighted by Crippen LogP contribution is -2.35. The molecule has 1 aliphatic heterocycles. The van der Waals surface area contributed by atoms with Crippen LogP contribution in [0, 0.1) is 5.92 Å². The Bertz CT molecular complexity index is 415. The Hall–Kier alpha value is -1.49. The van der Waals surface area contributed by atoms with Gasteiger partial charge in [0.2, 0.25) is 5.88 Å². The lowest BCUT2D eigenvalue weighted by Gasteiger charge is -2.32. The fourth-order valence-corrected chi connectivity index (χ4v) is 2.28. The second-order valence-electron chi connectivity index (χ2n) is 5.34. The van der Waals surface area contributed by atoms with Crippen molar-refractivity contribution in [3.8, 4) is 5.88 Å². The van der Waals surface area contributed by atoms with Gasteiger partial charge in [-0.05, 0) is 44.7 Å². The number of anilines is 2. The summed E-state index contributed by atoms with van der Waals surface area (Å²) < 4.78 is 5.62. The van der Waals surface area contributed by atoms with Gasteiger partial charge in [-0.1, -0.05) is 0 Å². The Kier molecular flexibility index (Phi) is 4.47. The summed E-state index contributed by atoms with van der Waals surface area (Å²) in [5, 5.41) is 9.16. The Morgan fingerprint density at radius 2 is 2.11 bits per heavy atom. The highest BCUT2D eigenvalue weighted by atomic mass is 16.5. The minimum Gasteiger partial charge on any atom is -0.473 e. The van der Waals surface area contributed by atoms with Crippen LogP contribution in [-0.4, -0.2) is 35.9 Å². The van der Waals surface area contributed by atoms with Crippen molar-refractivity contribution in [1.82, 2.24) is 4.98 Å². The first-order valence-corrected chi connectivity index (χ1v) is 6.89. The molecule has 1 aromatic rings. The van der Waals surface area contributed by atoms with Crippen molar-refractivity contribution in [2.75, 3.05) is 30.3 Å². The molecule has 0 aromatic carbocycles. The molecule has 0 radical (unpaired) electrons. The predicted octanol–water partition coefficient (Wildman–Crippen LogP) is 1.66. The SMILES string of the molecule is CC(C)Oc1nc(N2CCC(CO)CC2)ccc1N. The minimum atomic E-state index is 0.0603. The second-order valence-corrected chi connectivity index (χ2v) is 5.34. The zero-order valence-corrected chi connectivity index (χ0v) is 11.7. The summed E-state index contributed by atoms with van der Waals surface area (Å²) in [6.07, 6.45) is 2.07. The lowest BCUT2D eigenvalue weighted by molar-refractivity contribution is 0.202. The Labute approximate surface area is 114 Å². The van der Waals surface area contributed by atoms with Gasteiger partial charge in [0.05, 0.1) is 11.8 Å². The molecule has 1 aromatic heterocycles. The third-order valence-electron chi connectivity index (χ3n) is 3.42. The van der Waals surface area contributed by atoms with Gasteiger partial charge in [0, 0.05) is 19.7 Å². The third kappa shape index (κ3) is 3.50. The number of hydrogen-bond acceptors (Lipinski definition) is 5. The zero-order chi connectivity index (χ0) is 13.8. The van der Waals surface area contributed by atoms with Gasteiger partial charge in [0.15, 0.2) is 0 Å². The monoisotopic (exact) mass is 265 g/mol. The molecule has 0 saturated carbocycles. The molecule has 0 unspecified atom stereocenters. The largest absolute Gasteiger partial charge is 0.473 e. The van der Waals surface area contributed by atoms with Crippen LogP contribution in [0.1, 0.15) is 26.7 Å². The molecule has 2 heterocycles. The number of nitrogens with zero attached hydrogens (tertiary/aromatic N) is 2. The van der Waals surface area contributed by atoms with Gasteiger partial charge in [0.25, 0.3) is 0 Å². The van der Waals surface area contributed by atoms with Crippen LogP contribution < -0.4 is 15.4 Å². The molecule has 5 nitrogen and oxygen atoms in total. The lowest BCUT2D eigenvalue weighted by atomic mass is 9.98. The maximum atomic E-state index is 9.16. The fourth-order valence-electron chi connectivity index (χ4n) is 2.28. The standard InChI is InChI=1S/C14H23N3O2/c1-10(2)19-14-12(15)3-4-13(16-14)17-7-5-11(9-18)6-8-17/h3-4,10-11,18H,5-9,15H2,1-2H3. The summed E-state index contributed by atoms with van der Waals surface area (Å²) in [5.41, 5.74) is 6.44. The number of rotatable bonds is 4. The Balaban J connectivity index is 2.08. The van der Waals surface area contributed by atoms with E-state index >= 15 is 0 Å².